The quantitative estimate of drug-likeness (QED) is 0.603. The zero-order chi connectivity index (χ0) is 13.9. The van der Waals surface area contributed by atoms with Crippen LogP contribution in [0.15, 0.2) is 24.3 Å². The molecular formula is C16H27NO2. The Labute approximate surface area is 117 Å². The van der Waals surface area contributed by atoms with Crippen LogP contribution in [0.3, 0.4) is 0 Å². The summed E-state index contributed by atoms with van der Waals surface area (Å²) in [6.07, 6.45) is 3.62. The number of hydrogen-bond donors (Lipinski definition) is 0. The van der Waals surface area contributed by atoms with Gasteiger partial charge in [-0.2, -0.15) is 0 Å². The molecule has 0 N–H and O–H groups in total. The number of benzene rings is 1. The predicted molar refractivity (Wildman–Crippen MR) is 80.1 cm³/mol. The van der Waals surface area contributed by atoms with Crippen molar-refractivity contribution in [1.82, 2.24) is 4.90 Å². The highest BCUT2D eigenvalue weighted by Gasteiger charge is 2.01. The van der Waals surface area contributed by atoms with Crippen LogP contribution in [0.25, 0.3) is 0 Å². The van der Waals surface area contributed by atoms with Gasteiger partial charge in [-0.15, -0.1) is 0 Å². The fourth-order valence-corrected chi connectivity index (χ4v) is 1.96. The van der Waals surface area contributed by atoms with E-state index in [4.69, 9.17) is 9.47 Å². The fourth-order valence-electron chi connectivity index (χ4n) is 1.96. The summed E-state index contributed by atoms with van der Waals surface area (Å²) in [4.78, 5) is 2.49. The third kappa shape index (κ3) is 6.48. The molecule has 3 heteroatoms. The molecule has 0 aliphatic heterocycles. The number of unbranched alkanes of at least 4 members (excludes halogenated alkanes) is 1. The smallest absolute Gasteiger partial charge is 0.119 e. The van der Waals surface area contributed by atoms with Crippen molar-refractivity contribution in [3.05, 3.63) is 24.3 Å². The van der Waals surface area contributed by atoms with Crippen molar-refractivity contribution in [2.24, 2.45) is 0 Å². The molecule has 0 saturated carbocycles. The lowest BCUT2D eigenvalue weighted by molar-refractivity contribution is 0.239. The first kappa shape index (κ1) is 15.8. The third-order valence-electron chi connectivity index (χ3n) is 3.22. The zero-order valence-corrected chi connectivity index (χ0v) is 12.5. The predicted octanol–water partition coefficient (Wildman–Crippen LogP) is 3.59. The summed E-state index contributed by atoms with van der Waals surface area (Å²) >= 11 is 0. The van der Waals surface area contributed by atoms with Crippen molar-refractivity contribution < 1.29 is 9.47 Å². The van der Waals surface area contributed by atoms with Crippen LogP contribution in [0.5, 0.6) is 11.5 Å². The van der Waals surface area contributed by atoms with E-state index in [-0.39, 0.29) is 0 Å². The molecule has 108 valence electrons. The molecular weight excluding hydrogens is 238 g/mol. The molecule has 1 rings (SSSR count). The highest BCUT2D eigenvalue weighted by molar-refractivity contribution is 5.31. The van der Waals surface area contributed by atoms with Crippen LogP contribution in [0.2, 0.25) is 0 Å². The normalized spacial score (nSPS) is 10.7. The largest absolute Gasteiger partial charge is 0.497 e. The molecule has 1 aromatic carbocycles. The lowest BCUT2D eigenvalue weighted by Crippen LogP contribution is -2.26. The van der Waals surface area contributed by atoms with Gasteiger partial charge >= 0.3 is 0 Å². The maximum Gasteiger partial charge on any atom is 0.119 e. The molecule has 0 aliphatic rings. The van der Waals surface area contributed by atoms with E-state index >= 15 is 0 Å². The minimum atomic E-state index is 0.773. The van der Waals surface area contributed by atoms with E-state index in [0.29, 0.717) is 0 Å². The molecule has 0 aliphatic carbocycles. The lowest BCUT2D eigenvalue weighted by Gasteiger charge is -2.19. The monoisotopic (exact) mass is 265 g/mol. The van der Waals surface area contributed by atoms with Gasteiger partial charge in [0.15, 0.2) is 0 Å². The van der Waals surface area contributed by atoms with Crippen LogP contribution in [0.4, 0.5) is 0 Å². The highest BCUT2D eigenvalue weighted by atomic mass is 16.5. The molecule has 0 radical (unpaired) electrons. The minimum Gasteiger partial charge on any atom is -0.497 e. The molecule has 0 atom stereocenters. The Morgan fingerprint density at radius 3 is 2.16 bits per heavy atom. The Balaban J connectivity index is 2.18. The third-order valence-corrected chi connectivity index (χ3v) is 3.22. The number of nitrogens with zero attached hydrogens (tertiary/aromatic N) is 1. The van der Waals surface area contributed by atoms with Gasteiger partial charge in [0.1, 0.15) is 11.5 Å². The number of hydrogen-bond acceptors (Lipinski definition) is 3. The maximum atomic E-state index is 5.72. The van der Waals surface area contributed by atoms with Crippen LogP contribution in [0, 0.1) is 0 Å². The summed E-state index contributed by atoms with van der Waals surface area (Å²) in [6, 6.07) is 7.75. The van der Waals surface area contributed by atoms with E-state index in [9.17, 15) is 0 Å². The molecule has 0 aromatic heterocycles. The zero-order valence-electron chi connectivity index (χ0n) is 12.5. The molecule has 1 aromatic rings. The number of ether oxygens (including phenoxy) is 2. The van der Waals surface area contributed by atoms with Crippen molar-refractivity contribution in [3.8, 4) is 11.5 Å². The topological polar surface area (TPSA) is 21.7 Å². The van der Waals surface area contributed by atoms with Gasteiger partial charge in [-0.25, -0.2) is 0 Å². The summed E-state index contributed by atoms with van der Waals surface area (Å²) < 4.78 is 10.8. The fraction of sp³-hybridized carbons (Fsp3) is 0.625. The Morgan fingerprint density at radius 1 is 0.947 bits per heavy atom. The van der Waals surface area contributed by atoms with Crippen molar-refractivity contribution in [3.63, 3.8) is 0 Å². The summed E-state index contributed by atoms with van der Waals surface area (Å²) in [6.45, 7) is 8.68. The SMILES string of the molecule is CCCCN(CC)CCCOc1ccc(OC)cc1. The van der Waals surface area contributed by atoms with E-state index in [1.165, 1.54) is 19.4 Å². The van der Waals surface area contributed by atoms with Crippen LogP contribution < -0.4 is 9.47 Å². The van der Waals surface area contributed by atoms with Gasteiger partial charge in [0.05, 0.1) is 13.7 Å². The van der Waals surface area contributed by atoms with Gasteiger partial charge in [-0.3, -0.25) is 0 Å². The number of methoxy groups -OCH3 is 1. The first-order chi connectivity index (χ1) is 9.30. The second-order valence-electron chi connectivity index (χ2n) is 4.67. The molecule has 3 nitrogen and oxygen atoms in total. The molecule has 0 saturated heterocycles. The Morgan fingerprint density at radius 2 is 1.58 bits per heavy atom. The van der Waals surface area contributed by atoms with E-state index in [2.05, 4.69) is 18.7 Å². The summed E-state index contributed by atoms with van der Waals surface area (Å²) in [5.74, 6) is 1.78. The number of rotatable bonds is 10. The second kappa shape index (κ2) is 9.68. The maximum absolute atomic E-state index is 5.72. The Hall–Kier alpha value is -1.22. The second-order valence-corrected chi connectivity index (χ2v) is 4.67. The van der Waals surface area contributed by atoms with E-state index in [1.54, 1.807) is 7.11 Å². The van der Waals surface area contributed by atoms with Gasteiger partial charge in [0.2, 0.25) is 0 Å². The van der Waals surface area contributed by atoms with Crippen LogP contribution in [0.1, 0.15) is 33.1 Å². The molecule has 0 heterocycles. The standard InChI is InChI=1S/C16H27NO2/c1-4-6-12-17(5-2)13-7-14-19-16-10-8-15(18-3)9-11-16/h8-11H,4-7,12-14H2,1-3H3. The van der Waals surface area contributed by atoms with E-state index in [0.717, 1.165) is 37.6 Å². The van der Waals surface area contributed by atoms with E-state index < -0.39 is 0 Å². The van der Waals surface area contributed by atoms with E-state index in [1.807, 2.05) is 24.3 Å². The molecule has 0 spiro atoms. The minimum absolute atomic E-state index is 0.773. The van der Waals surface area contributed by atoms with Gasteiger partial charge in [0, 0.05) is 6.54 Å². The van der Waals surface area contributed by atoms with Gasteiger partial charge in [-0.05, 0) is 50.2 Å². The summed E-state index contributed by atoms with van der Waals surface area (Å²) in [5.41, 5.74) is 0. The lowest BCUT2D eigenvalue weighted by atomic mass is 10.3. The van der Waals surface area contributed by atoms with Crippen LogP contribution in [-0.2, 0) is 0 Å². The molecule has 0 amide bonds. The van der Waals surface area contributed by atoms with Crippen LogP contribution in [-0.4, -0.2) is 38.3 Å². The Bertz CT molecular complexity index is 324. The van der Waals surface area contributed by atoms with Gasteiger partial charge in [0.25, 0.3) is 0 Å². The van der Waals surface area contributed by atoms with Gasteiger partial charge in [-0.1, -0.05) is 20.3 Å². The summed E-state index contributed by atoms with van der Waals surface area (Å²) in [5, 5.41) is 0. The van der Waals surface area contributed by atoms with Crippen LogP contribution >= 0.6 is 0 Å². The molecule has 19 heavy (non-hydrogen) atoms. The average molecular weight is 265 g/mol. The molecule has 0 unspecified atom stereocenters. The van der Waals surface area contributed by atoms with Crippen molar-refractivity contribution >= 4 is 0 Å². The van der Waals surface area contributed by atoms with Gasteiger partial charge < -0.3 is 14.4 Å². The van der Waals surface area contributed by atoms with Crippen molar-refractivity contribution in [2.45, 2.75) is 33.1 Å². The first-order valence-electron chi connectivity index (χ1n) is 7.29. The first-order valence-corrected chi connectivity index (χ1v) is 7.29. The molecule has 0 fully saturated rings. The molecule has 0 bridgehead atoms. The van der Waals surface area contributed by atoms with Crippen molar-refractivity contribution in [2.75, 3.05) is 33.4 Å². The van der Waals surface area contributed by atoms with Crippen molar-refractivity contribution in [1.29, 1.82) is 0 Å². The Kier molecular flexibility index (Phi) is 8.07. The highest BCUT2D eigenvalue weighted by Crippen LogP contribution is 2.17. The average Bonchev–Trinajstić information content (AvgIpc) is 2.47. The summed E-state index contributed by atoms with van der Waals surface area (Å²) in [7, 11) is 1.67.